The summed E-state index contributed by atoms with van der Waals surface area (Å²) in [5, 5.41) is 8.52. The van der Waals surface area contributed by atoms with E-state index in [-0.39, 0.29) is 22.5 Å². The highest BCUT2D eigenvalue weighted by Crippen LogP contribution is 2.35. The van der Waals surface area contributed by atoms with E-state index < -0.39 is 11.9 Å². The second-order valence-electron chi connectivity index (χ2n) is 9.39. The van der Waals surface area contributed by atoms with E-state index in [9.17, 15) is 14.0 Å². The Hall–Kier alpha value is -4.02. The molecule has 2 aromatic heterocycles. The lowest BCUT2D eigenvalue weighted by molar-refractivity contribution is -0.132. The van der Waals surface area contributed by atoms with E-state index in [1.807, 2.05) is 6.92 Å². The van der Waals surface area contributed by atoms with Gasteiger partial charge in [-0.25, -0.2) is 14.4 Å². The highest BCUT2D eigenvalue weighted by atomic mass is 35.5. The van der Waals surface area contributed by atoms with Crippen LogP contribution in [0.5, 0.6) is 5.75 Å². The number of carbonyl (C=O) groups is 2. The van der Waals surface area contributed by atoms with Gasteiger partial charge in [-0.05, 0) is 61.1 Å². The number of carbonyl (C=O) groups excluding carboxylic acids is 2. The van der Waals surface area contributed by atoms with Crippen molar-refractivity contribution in [1.29, 1.82) is 0 Å². The highest BCUT2D eigenvalue weighted by Gasteiger charge is 2.33. The largest absolute Gasteiger partial charge is 0.491 e. The van der Waals surface area contributed by atoms with Crippen molar-refractivity contribution in [1.82, 2.24) is 14.9 Å². The maximum absolute atomic E-state index is 14.6. The Morgan fingerprint density at radius 2 is 2.12 bits per heavy atom. The number of amides is 2. The summed E-state index contributed by atoms with van der Waals surface area (Å²) >= 11 is 7.62. The van der Waals surface area contributed by atoms with E-state index in [2.05, 4.69) is 38.6 Å². The number of ether oxygens (including phenoxy) is 1. The topological polar surface area (TPSA) is 96.5 Å². The average Bonchev–Trinajstić information content (AvgIpc) is 3.60. The molecule has 0 aliphatic carbocycles. The number of hydrogen-bond acceptors (Lipinski definition) is 7. The normalized spacial score (nSPS) is 14.8. The van der Waals surface area contributed by atoms with Gasteiger partial charge in [0.05, 0.1) is 28.5 Å². The molecule has 40 heavy (non-hydrogen) atoms. The minimum absolute atomic E-state index is 0.0249. The Bertz CT molecular complexity index is 1590. The zero-order valence-electron chi connectivity index (χ0n) is 21.7. The highest BCUT2D eigenvalue weighted by molar-refractivity contribution is 7.10. The fourth-order valence-corrected chi connectivity index (χ4v) is 5.68. The first-order chi connectivity index (χ1) is 19.3. The van der Waals surface area contributed by atoms with E-state index in [1.54, 1.807) is 35.6 Å². The lowest BCUT2D eigenvalue weighted by Gasteiger charge is -2.23. The maximum atomic E-state index is 14.6. The van der Waals surface area contributed by atoms with E-state index >= 15 is 0 Å². The van der Waals surface area contributed by atoms with Crippen molar-refractivity contribution < 1.29 is 18.7 Å². The molecule has 1 aliphatic rings. The number of fused-ring (bicyclic) bond motifs is 1. The number of hydrogen-bond donors (Lipinski definition) is 2. The minimum atomic E-state index is -0.631. The Labute approximate surface area is 239 Å². The third kappa shape index (κ3) is 5.93. The van der Waals surface area contributed by atoms with Crippen LogP contribution in [-0.4, -0.2) is 45.9 Å². The lowest BCUT2D eigenvalue weighted by Crippen LogP contribution is -2.42. The van der Waals surface area contributed by atoms with Gasteiger partial charge in [0.25, 0.3) is 0 Å². The lowest BCUT2D eigenvalue weighted by atomic mass is 10.1. The molecule has 11 heteroatoms. The summed E-state index contributed by atoms with van der Waals surface area (Å²) in [5.41, 5.74) is 2.27. The molecule has 1 atom stereocenters. The van der Waals surface area contributed by atoms with Crippen LogP contribution in [0.25, 0.3) is 10.9 Å². The molecule has 2 aromatic carbocycles. The van der Waals surface area contributed by atoms with Crippen LogP contribution in [0.1, 0.15) is 23.3 Å². The summed E-state index contributed by atoms with van der Waals surface area (Å²) in [6.07, 6.45) is 4.52. The Morgan fingerprint density at radius 3 is 2.90 bits per heavy atom. The molecule has 2 N–H and O–H groups in total. The van der Waals surface area contributed by atoms with Gasteiger partial charge in [-0.15, -0.1) is 11.3 Å². The second kappa shape index (κ2) is 12.0. The van der Waals surface area contributed by atoms with Gasteiger partial charge >= 0.3 is 0 Å². The van der Waals surface area contributed by atoms with Crippen molar-refractivity contribution in [3.05, 3.63) is 82.0 Å². The molecular weight excluding hydrogens is 553 g/mol. The Kier molecular flexibility index (Phi) is 8.27. The van der Waals surface area contributed by atoms with E-state index in [1.165, 1.54) is 33.8 Å². The summed E-state index contributed by atoms with van der Waals surface area (Å²) in [6.45, 7) is 6.45. The van der Waals surface area contributed by atoms with Crippen molar-refractivity contribution in [2.24, 2.45) is 0 Å². The smallest absolute Gasteiger partial charge is 0.247 e. The number of thiophene rings is 1. The van der Waals surface area contributed by atoms with Gasteiger partial charge in [0, 0.05) is 29.3 Å². The van der Waals surface area contributed by atoms with Gasteiger partial charge in [-0.1, -0.05) is 24.2 Å². The van der Waals surface area contributed by atoms with E-state index in [0.717, 1.165) is 0 Å². The molecule has 8 nitrogen and oxygen atoms in total. The fourth-order valence-electron chi connectivity index (χ4n) is 4.65. The van der Waals surface area contributed by atoms with Crippen molar-refractivity contribution >= 4 is 62.8 Å². The quantitative estimate of drug-likeness (QED) is 0.227. The van der Waals surface area contributed by atoms with Crippen molar-refractivity contribution in [2.75, 3.05) is 23.8 Å². The zero-order chi connectivity index (χ0) is 28.2. The van der Waals surface area contributed by atoms with Gasteiger partial charge in [0.1, 0.15) is 23.9 Å². The summed E-state index contributed by atoms with van der Waals surface area (Å²) in [6, 6.07) is 9.52. The minimum Gasteiger partial charge on any atom is -0.491 e. The SMILES string of the molecule is C=CC(=O)N1CCC[C@H]1C(=O)Nc1cc2c(Nc3cccc(Cl)c3F)ncnc2cc1OCCc1cc(C)cs1. The summed E-state index contributed by atoms with van der Waals surface area (Å²) in [5.74, 6) is -0.485. The molecule has 3 heterocycles. The van der Waals surface area contributed by atoms with Crippen LogP contribution in [-0.2, 0) is 16.0 Å². The zero-order valence-corrected chi connectivity index (χ0v) is 23.3. The van der Waals surface area contributed by atoms with Crippen LogP contribution < -0.4 is 15.4 Å². The molecule has 1 aliphatic heterocycles. The van der Waals surface area contributed by atoms with Gasteiger partial charge in [-0.2, -0.15) is 0 Å². The average molecular weight is 580 g/mol. The first-order valence-electron chi connectivity index (χ1n) is 12.7. The molecule has 206 valence electrons. The summed E-state index contributed by atoms with van der Waals surface area (Å²) in [7, 11) is 0. The number of aryl methyl sites for hydroxylation is 1. The van der Waals surface area contributed by atoms with Crippen LogP contribution in [0.15, 0.2) is 60.8 Å². The second-order valence-corrected chi connectivity index (χ2v) is 10.8. The van der Waals surface area contributed by atoms with Crippen LogP contribution in [0.2, 0.25) is 5.02 Å². The number of benzene rings is 2. The number of nitrogens with one attached hydrogen (secondary N) is 2. The van der Waals surface area contributed by atoms with Crippen LogP contribution in [0.4, 0.5) is 21.6 Å². The van der Waals surface area contributed by atoms with Crippen molar-refractivity contribution in [3.8, 4) is 5.75 Å². The molecule has 1 fully saturated rings. The molecule has 0 spiro atoms. The Morgan fingerprint density at radius 1 is 1.27 bits per heavy atom. The first kappa shape index (κ1) is 27.5. The predicted octanol–water partition coefficient (Wildman–Crippen LogP) is 6.27. The molecule has 4 aromatic rings. The molecule has 5 rings (SSSR count). The molecule has 0 radical (unpaired) electrons. The van der Waals surface area contributed by atoms with Crippen LogP contribution >= 0.6 is 22.9 Å². The third-order valence-electron chi connectivity index (χ3n) is 6.60. The maximum Gasteiger partial charge on any atom is 0.247 e. The van der Waals surface area contributed by atoms with E-state index in [4.69, 9.17) is 16.3 Å². The van der Waals surface area contributed by atoms with Gasteiger partial charge in [0.2, 0.25) is 11.8 Å². The summed E-state index contributed by atoms with van der Waals surface area (Å²) in [4.78, 5) is 37.1. The van der Waals surface area contributed by atoms with Gasteiger partial charge in [0.15, 0.2) is 5.82 Å². The Balaban J connectivity index is 1.48. The number of aromatic nitrogens is 2. The molecule has 0 unspecified atom stereocenters. The first-order valence-corrected chi connectivity index (χ1v) is 14.0. The number of nitrogens with zero attached hydrogens (tertiary/aromatic N) is 3. The molecule has 0 bridgehead atoms. The van der Waals surface area contributed by atoms with Gasteiger partial charge < -0.3 is 20.3 Å². The number of rotatable bonds is 9. The number of anilines is 3. The van der Waals surface area contributed by atoms with Crippen LogP contribution in [0, 0.1) is 12.7 Å². The fraction of sp³-hybridized carbons (Fsp3) is 0.241. The third-order valence-corrected chi connectivity index (χ3v) is 8.01. The summed E-state index contributed by atoms with van der Waals surface area (Å²) < 4.78 is 20.8. The molecule has 2 amide bonds. The standard InChI is InChI=1S/C29H27ClFN5O3S/c1-3-26(37)36-10-5-8-24(36)29(38)35-23-13-19-22(14-25(23)39-11-9-18-12-17(2)15-40-18)32-16-33-28(19)34-21-7-4-6-20(30)27(21)31/h3-4,6-7,12-16,24H,1,5,8-11H2,2H3,(H,35,38)(H,32,33,34)/t24-/m0/s1. The number of likely N-dealkylation sites (tertiary alicyclic amines) is 1. The van der Waals surface area contributed by atoms with E-state index in [0.29, 0.717) is 60.6 Å². The molecule has 1 saturated heterocycles. The number of halogens is 2. The predicted molar refractivity (Wildman–Crippen MR) is 156 cm³/mol. The molecule has 0 saturated carbocycles. The monoisotopic (exact) mass is 579 g/mol. The van der Waals surface area contributed by atoms with Crippen molar-refractivity contribution in [3.63, 3.8) is 0 Å². The van der Waals surface area contributed by atoms with Crippen LogP contribution in [0.3, 0.4) is 0 Å². The van der Waals surface area contributed by atoms with Gasteiger partial charge in [-0.3, -0.25) is 9.59 Å². The molecular formula is C29H27ClFN5O3S. The van der Waals surface area contributed by atoms with Crippen molar-refractivity contribution in [2.45, 2.75) is 32.2 Å².